The average molecular weight is 100 g/mol. The highest BCUT2D eigenvalue weighted by atomic mass is 16.5. The van der Waals surface area contributed by atoms with E-state index in [-0.39, 0.29) is 5.06 Å². The standard InChI is InChI=1S/C4H8N2O/c7-6-3-1-2-5-4-6/h1,3,5-6H,2,4H2. The van der Waals surface area contributed by atoms with Crippen molar-refractivity contribution in [1.29, 1.82) is 0 Å². The normalized spacial score (nSPS) is 30.7. The maximum Gasteiger partial charge on any atom is 0.135 e. The largest absolute Gasteiger partial charge is 0.628 e. The summed E-state index contributed by atoms with van der Waals surface area (Å²) < 4.78 is 0. The summed E-state index contributed by atoms with van der Waals surface area (Å²) in [6.45, 7) is 1.35. The van der Waals surface area contributed by atoms with Gasteiger partial charge in [-0.15, -0.1) is 0 Å². The summed E-state index contributed by atoms with van der Waals surface area (Å²) in [5.74, 6) is 0. The van der Waals surface area contributed by atoms with E-state index < -0.39 is 0 Å². The third-order valence-electron chi connectivity index (χ3n) is 0.865. The second kappa shape index (κ2) is 2.07. The van der Waals surface area contributed by atoms with Gasteiger partial charge in [0.1, 0.15) is 6.67 Å². The molecule has 0 saturated carbocycles. The predicted octanol–water partition coefficient (Wildman–Crippen LogP) is -1.56. The Hall–Kier alpha value is -0.380. The molecule has 1 heterocycles. The minimum absolute atomic E-state index is 0.172. The van der Waals surface area contributed by atoms with Crippen molar-refractivity contribution < 1.29 is 5.06 Å². The lowest BCUT2D eigenvalue weighted by atomic mass is 10.5. The Morgan fingerprint density at radius 3 is 2.86 bits per heavy atom. The van der Waals surface area contributed by atoms with Crippen LogP contribution in [-0.4, -0.2) is 13.2 Å². The zero-order valence-electron chi connectivity index (χ0n) is 3.98. The molecule has 1 aliphatic heterocycles. The van der Waals surface area contributed by atoms with E-state index in [1.54, 1.807) is 6.20 Å². The average Bonchev–Trinajstić information content (AvgIpc) is 1.69. The molecule has 7 heavy (non-hydrogen) atoms. The van der Waals surface area contributed by atoms with Crippen molar-refractivity contribution in [2.24, 2.45) is 0 Å². The molecule has 3 nitrogen and oxygen atoms in total. The minimum atomic E-state index is 0.172. The van der Waals surface area contributed by atoms with Crippen LogP contribution in [0, 0.1) is 5.21 Å². The molecule has 1 atom stereocenters. The fourth-order valence-electron chi connectivity index (χ4n) is 0.528. The van der Waals surface area contributed by atoms with Gasteiger partial charge in [-0.25, -0.2) is 0 Å². The molecule has 40 valence electrons. The summed E-state index contributed by atoms with van der Waals surface area (Å²) in [5, 5.41) is 13.4. The second-order valence-corrected chi connectivity index (χ2v) is 1.50. The number of hydrogen-bond donors (Lipinski definition) is 2. The molecule has 0 aromatic heterocycles. The van der Waals surface area contributed by atoms with Gasteiger partial charge in [0.2, 0.25) is 0 Å². The van der Waals surface area contributed by atoms with Gasteiger partial charge in [-0.2, -0.15) is 0 Å². The zero-order valence-corrected chi connectivity index (χ0v) is 3.98. The van der Waals surface area contributed by atoms with Gasteiger partial charge in [-0.05, 0) is 6.08 Å². The first-order valence-corrected chi connectivity index (χ1v) is 2.30. The smallest absolute Gasteiger partial charge is 0.135 e. The minimum Gasteiger partial charge on any atom is -0.628 e. The highest BCUT2D eigenvalue weighted by Gasteiger charge is 1.93. The highest BCUT2D eigenvalue weighted by molar-refractivity contribution is 4.77. The summed E-state index contributed by atoms with van der Waals surface area (Å²) >= 11 is 0. The summed E-state index contributed by atoms with van der Waals surface area (Å²) in [5.41, 5.74) is 0. The van der Waals surface area contributed by atoms with E-state index in [2.05, 4.69) is 5.32 Å². The molecule has 0 bridgehead atoms. The molecule has 0 aromatic carbocycles. The molecule has 0 fully saturated rings. The molecular formula is C4H8N2O. The fourth-order valence-corrected chi connectivity index (χ4v) is 0.528. The van der Waals surface area contributed by atoms with Gasteiger partial charge < -0.3 is 10.3 Å². The number of quaternary nitrogens is 1. The monoisotopic (exact) mass is 100 g/mol. The number of rotatable bonds is 0. The van der Waals surface area contributed by atoms with Crippen molar-refractivity contribution in [3.8, 4) is 0 Å². The van der Waals surface area contributed by atoms with Crippen LogP contribution >= 0.6 is 0 Å². The van der Waals surface area contributed by atoms with E-state index >= 15 is 0 Å². The molecule has 1 unspecified atom stereocenters. The predicted molar refractivity (Wildman–Crippen MR) is 26.3 cm³/mol. The van der Waals surface area contributed by atoms with Gasteiger partial charge in [0.15, 0.2) is 0 Å². The van der Waals surface area contributed by atoms with E-state index in [1.165, 1.54) is 0 Å². The Labute approximate surface area is 42.2 Å². The molecule has 0 saturated heterocycles. The first-order valence-electron chi connectivity index (χ1n) is 2.30. The number of hydroxylamine groups is 2. The third-order valence-corrected chi connectivity index (χ3v) is 0.865. The van der Waals surface area contributed by atoms with Gasteiger partial charge in [0.25, 0.3) is 0 Å². The van der Waals surface area contributed by atoms with Crippen LogP contribution in [0.3, 0.4) is 0 Å². The molecule has 3 heteroatoms. The van der Waals surface area contributed by atoms with Gasteiger partial charge in [0.05, 0.1) is 6.20 Å². The van der Waals surface area contributed by atoms with E-state index in [0.717, 1.165) is 6.54 Å². The Morgan fingerprint density at radius 2 is 2.57 bits per heavy atom. The van der Waals surface area contributed by atoms with Crippen LogP contribution in [0.5, 0.6) is 0 Å². The van der Waals surface area contributed by atoms with Gasteiger partial charge in [0, 0.05) is 6.54 Å². The van der Waals surface area contributed by atoms with E-state index in [0.29, 0.717) is 6.67 Å². The third kappa shape index (κ3) is 1.27. The fraction of sp³-hybridized carbons (Fsp3) is 0.500. The Balaban J connectivity index is 2.36. The van der Waals surface area contributed by atoms with Crippen molar-refractivity contribution in [1.82, 2.24) is 5.32 Å². The maximum atomic E-state index is 10.3. The molecule has 1 aliphatic rings. The molecule has 0 aliphatic carbocycles. The van der Waals surface area contributed by atoms with Crippen molar-refractivity contribution in [2.75, 3.05) is 13.2 Å². The number of hydrogen-bond acceptors (Lipinski definition) is 2. The zero-order chi connectivity index (χ0) is 5.11. The van der Waals surface area contributed by atoms with Crippen LogP contribution in [0.1, 0.15) is 0 Å². The second-order valence-electron chi connectivity index (χ2n) is 1.50. The van der Waals surface area contributed by atoms with Gasteiger partial charge in [-0.3, -0.25) is 5.32 Å². The summed E-state index contributed by atoms with van der Waals surface area (Å²) in [6, 6.07) is 0. The van der Waals surface area contributed by atoms with Crippen LogP contribution < -0.4 is 10.4 Å². The van der Waals surface area contributed by atoms with Crippen LogP contribution in [0.2, 0.25) is 0 Å². The Bertz CT molecular complexity index is 81.8. The van der Waals surface area contributed by atoms with Crippen molar-refractivity contribution in [2.45, 2.75) is 0 Å². The lowest BCUT2D eigenvalue weighted by Crippen LogP contribution is -3.05. The first-order chi connectivity index (χ1) is 3.39. The topological polar surface area (TPSA) is 39.5 Å². The molecule has 0 spiro atoms. The molecule has 1 rings (SSSR count). The first kappa shape index (κ1) is 4.77. The van der Waals surface area contributed by atoms with Crippen molar-refractivity contribution in [3.05, 3.63) is 17.5 Å². The Morgan fingerprint density at radius 1 is 1.71 bits per heavy atom. The lowest BCUT2D eigenvalue weighted by molar-refractivity contribution is -0.796. The molecule has 2 N–H and O–H groups in total. The molecule has 0 amide bonds. The van der Waals surface area contributed by atoms with Crippen LogP contribution in [0.25, 0.3) is 0 Å². The summed E-state index contributed by atoms with van der Waals surface area (Å²) in [4.78, 5) is 0. The maximum absolute atomic E-state index is 10.3. The van der Waals surface area contributed by atoms with Crippen molar-refractivity contribution in [3.63, 3.8) is 0 Å². The van der Waals surface area contributed by atoms with Crippen LogP contribution in [0.15, 0.2) is 12.3 Å². The van der Waals surface area contributed by atoms with Crippen LogP contribution in [-0.2, 0) is 0 Å². The number of nitrogens with one attached hydrogen (secondary N) is 2. The van der Waals surface area contributed by atoms with Gasteiger partial charge >= 0.3 is 0 Å². The SMILES string of the molecule is [O-][NH+]1C=CCNC1. The van der Waals surface area contributed by atoms with E-state index in [1.807, 2.05) is 6.08 Å². The van der Waals surface area contributed by atoms with Gasteiger partial charge in [-0.1, -0.05) is 0 Å². The van der Waals surface area contributed by atoms with Crippen molar-refractivity contribution >= 4 is 0 Å². The van der Waals surface area contributed by atoms with E-state index in [9.17, 15) is 5.21 Å². The summed E-state index contributed by atoms with van der Waals surface area (Å²) in [6.07, 6.45) is 3.43. The van der Waals surface area contributed by atoms with Crippen LogP contribution in [0.4, 0.5) is 0 Å². The summed E-state index contributed by atoms with van der Waals surface area (Å²) in [7, 11) is 0. The molecule has 0 radical (unpaired) electrons. The molecular weight excluding hydrogens is 92.1 g/mol. The quantitative estimate of drug-likeness (QED) is 0.361. The Kier molecular flexibility index (Phi) is 1.41. The van der Waals surface area contributed by atoms with E-state index in [4.69, 9.17) is 0 Å². The highest BCUT2D eigenvalue weighted by Crippen LogP contribution is 1.63. The lowest BCUT2D eigenvalue weighted by Gasteiger charge is -2.20. The molecule has 0 aromatic rings.